The first-order valence-corrected chi connectivity index (χ1v) is 11.8. The summed E-state index contributed by atoms with van der Waals surface area (Å²) in [5.41, 5.74) is 5.08. The number of aryl methyl sites for hydroxylation is 3. The summed E-state index contributed by atoms with van der Waals surface area (Å²) < 4.78 is 8.62. The summed E-state index contributed by atoms with van der Waals surface area (Å²) in [5.74, 6) is -0.478. The molecule has 0 spiro atoms. The standard InChI is InChI=1S/C23H25N7O3S/c1-13-18(15(3)30-22(24-13)26-23(28-30)34-5)11-20(32)33-12-19(31)25-21-14(2)27-29(16(21)4)17-9-7-6-8-10-17/h6-10H,11-12H2,1-5H3,(H,25,31). The third-order valence-corrected chi connectivity index (χ3v) is 5.99. The zero-order chi connectivity index (χ0) is 24.4. The van der Waals surface area contributed by atoms with Gasteiger partial charge in [0.15, 0.2) is 6.61 Å². The van der Waals surface area contributed by atoms with Gasteiger partial charge in [0.25, 0.3) is 11.7 Å². The van der Waals surface area contributed by atoms with E-state index in [1.807, 2.05) is 64.3 Å². The van der Waals surface area contributed by atoms with Crippen LogP contribution in [0.15, 0.2) is 35.5 Å². The molecule has 0 aliphatic carbocycles. The van der Waals surface area contributed by atoms with Crippen LogP contribution in [0.3, 0.4) is 0 Å². The van der Waals surface area contributed by atoms with E-state index in [9.17, 15) is 9.59 Å². The number of rotatable bonds is 7. The Morgan fingerprint density at radius 3 is 2.44 bits per heavy atom. The molecule has 0 radical (unpaired) electrons. The maximum atomic E-state index is 12.5. The summed E-state index contributed by atoms with van der Waals surface area (Å²) >= 11 is 1.42. The van der Waals surface area contributed by atoms with Crippen molar-refractivity contribution in [2.75, 3.05) is 18.2 Å². The Morgan fingerprint density at radius 1 is 1.00 bits per heavy atom. The lowest BCUT2D eigenvalue weighted by Crippen LogP contribution is -2.23. The number of ether oxygens (including phenoxy) is 1. The number of para-hydroxylation sites is 1. The molecule has 0 fully saturated rings. The van der Waals surface area contributed by atoms with Gasteiger partial charge >= 0.3 is 5.97 Å². The van der Waals surface area contributed by atoms with Gasteiger partial charge in [-0.2, -0.15) is 10.1 Å². The first-order valence-electron chi connectivity index (χ1n) is 10.6. The number of nitrogens with one attached hydrogen (secondary N) is 1. The van der Waals surface area contributed by atoms with Crippen LogP contribution in [0.1, 0.15) is 28.3 Å². The molecule has 0 aliphatic heterocycles. The van der Waals surface area contributed by atoms with E-state index in [1.54, 1.807) is 9.20 Å². The summed E-state index contributed by atoms with van der Waals surface area (Å²) in [6.07, 6.45) is 1.86. The van der Waals surface area contributed by atoms with Crippen LogP contribution in [0.2, 0.25) is 0 Å². The van der Waals surface area contributed by atoms with Crippen molar-refractivity contribution in [2.24, 2.45) is 0 Å². The summed E-state index contributed by atoms with van der Waals surface area (Å²) in [6, 6.07) is 9.64. The van der Waals surface area contributed by atoms with Crippen LogP contribution in [0.4, 0.5) is 5.69 Å². The minimum atomic E-state index is -0.527. The highest BCUT2D eigenvalue weighted by molar-refractivity contribution is 7.98. The maximum absolute atomic E-state index is 12.5. The smallest absolute Gasteiger partial charge is 0.310 e. The number of carbonyl (C=O) groups is 2. The van der Waals surface area contributed by atoms with E-state index in [2.05, 4.69) is 25.5 Å². The molecule has 34 heavy (non-hydrogen) atoms. The second kappa shape index (κ2) is 9.64. The van der Waals surface area contributed by atoms with Gasteiger partial charge in [-0.05, 0) is 46.1 Å². The molecule has 1 N–H and O–H groups in total. The monoisotopic (exact) mass is 479 g/mol. The molecular formula is C23H25N7O3S. The number of amides is 1. The maximum Gasteiger partial charge on any atom is 0.310 e. The lowest BCUT2D eigenvalue weighted by molar-refractivity contribution is -0.146. The first kappa shape index (κ1) is 23.4. The molecular weight excluding hydrogens is 454 g/mol. The second-order valence-corrected chi connectivity index (χ2v) is 8.52. The minimum absolute atomic E-state index is 0.0215. The number of hydrogen-bond acceptors (Lipinski definition) is 8. The molecule has 0 bridgehead atoms. The van der Waals surface area contributed by atoms with E-state index in [1.165, 1.54) is 11.8 Å². The van der Waals surface area contributed by atoms with Crippen molar-refractivity contribution >= 4 is 35.1 Å². The lowest BCUT2D eigenvalue weighted by Gasteiger charge is -2.11. The molecule has 11 heteroatoms. The van der Waals surface area contributed by atoms with Crippen molar-refractivity contribution in [3.8, 4) is 5.69 Å². The number of thioether (sulfide) groups is 1. The summed E-state index contributed by atoms with van der Waals surface area (Å²) in [6.45, 7) is 6.95. The number of benzene rings is 1. The topological polar surface area (TPSA) is 116 Å². The Labute approximate surface area is 200 Å². The van der Waals surface area contributed by atoms with Crippen LogP contribution in [0, 0.1) is 27.7 Å². The van der Waals surface area contributed by atoms with E-state index < -0.39 is 18.5 Å². The van der Waals surface area contributed by atoms with Gasteiger partial charge in [0.1, 0.15) is 0 Å². The van der Waals surface area contributed by atoms with Crippen molar-refractivity contribution in [2.45, 2.75) is 39.3 Å². The largest absolute Gasteiger partial charge is 0.455 e. The van der Waals surface area contributed by atoms with Gasteiger partial charge in [0.05, 0.1) is 29.2 Å². The van der Waals surface area contributed by atoms with Crippen LogP contribution < -0.4 is 5.32 Å². The number of anilines is 1. The molecule has 10 nitrogen and oxygen atoms in total. The fourth-order valence-corrected chi connectivity index (χ4v) is 4.03. The van der Waals surface area contributed by atoms with Crippen molar-refractivity contribution in [1.29, 1.82) is 0 Å². The number of carbonyl (C=O) groups excluding carboxylic acids is 2. The fourth-order valence-electron chi connectivity index (χ4n) is 3.69. The SMILES string of the molecule is CSc1nc2nc(C)c(CC(=O)OCC(=O)Nc3c(C)nn(-c4ccccc4)c3C)c(C)n2n1. The highest BCUT2D eigenvalue weighted by Gasteiger charge is 2.19. The molecule has 4 aromatic rings. The molecule has 1 amide bonds. The molecule has 3 heterocycles. The van der Waals surface area contributed by atoms with Gasteiger partial charge in [-0.3, -0.25) is 9.59 Å². The van der Waals surface area contributed by atoms with Crippen LogP contribution >= 0.6 is 11.8 Å². The molecule has 0 saturated carbocycles. The Bertz CT molecular complexity index is 1380. The molecule has 0 saturated heterocycles. The van der Waals surface area contributed by atoms with Crippen LogP contribution in [0.5, 0.6) is 0 Å². The molecule has 0 atom stereocenters. The number of nitrogens with zero attached hydrogens (tertiary/aromatic N) is 6. The summed E-state index contributed by atoms with van der Waals surface area (Å²) in [4.78, 5) is 33.8. The third-order valence-electron chi connectivity index (χ3n) is 5.45. The zero-order valence-electron chi connectivity index (χ0n) is 19.6. The van der Waals surface area contributed by atoms with Gasteiger partial charge in [-0.1, -0.05) is 30.0 Å². The van der Waals surface area contributed by atoms with Crippen molar-refractivity contribution in [1.82, 2.24) is 29.4 Å². The predicted octanol–water partition coefficient (Wildman–Crippen LogP) is 2.99. The third kappa shape index (κ3) is 4.65. The van der Waals surface area contributed by atoms with Crippen LogP contribution in [-0.4, -0.2) is 54.1 Å². The summed E-state index contributed by atoms with van der Waals surface area (Å²) in [7, 11) is 0. The Morgan fingerprint density at radius 2 is 1.74 bits per heavy atom. The van der Waals surface area contributed by atoms with E-state index >= 15 is 0 Å². The van der Waals surface area contributed by atoms with E-state index in [-0.39, 0.29) is 6.42 Å². The molecule has 0 unspecified atom stereocenters. The van der Waals surface area contributed by atoms with E-state index in [4.69, 9.17) is 4.74 Å². The van der Waals surface area contributed by atoms with E-state index in [0.29, 0.717) is 33.6 Å². The summed E-state index contributed by atoms with van der Waals surface area (Å²) in [5, 5.41) is 12.3. The van der Waals surface area contributed by atoms with Crippen molar-refractivity contribution in [3.63, 3.8) is 0 Å². The van der Waals surface area contributed by atoms with Crippen molar-refractivity contribution in [3.05, 3.63) is 58.7 Å². The molecule has 0 aliphatic rings. The highest BCUT2D eigenvalue weighted by Crippen LogP contribution is 2.23. The Kier molecular flexibility index (Phi) is 6.64. The Hall–Kier alpha value is -3.73. The number of aromatic nitrogens is 6. The van der Waals surface area contributed by atoms with E-state index in [0.717, 1.165) is 17.1 Å². The zero-order valence-corrected chi connectivity index (χ0v) is 20.4. The van der Waals surface area contributed by atoms with Gasteiger partial charge in [-0.25, -0.2) is 14.2 Å². The van der Waals surface area contributed by atoms with Crippen molar-refractivity contribution < 1.29 is 14.3 Å². The average molecular weight is 480 g/mol. The molecule has 176 valence electrons. The predicted molar refractivity (Wildman–Crippen MR) is 128 cm³/mol. The normalized spacial score (nSPS) is 11.1. The van der Waals surface area contributed by atoms with Crippen LogP contribution in [0.25, 0.3) is 11.5 Å². The number of fused-ring (bicyclic) bond motifs is 1. The van der Waals surface area contributed by atoms with Gasteiger partial charge in [0, 0.05) is 17.0 Å². The van der Waals surface area contributed by atoms with Crippen LogP contribution in [-0.2, 0) is 20.7 Å². The lowest BCUT2D eigenvalue weighted by atomic mass is 10.1. The van der Waals surface area contributed by atoms with Gasteiger partial charge < -0.3 is 10.1 Å². The molecule has 1 aromatic carbocycles. The number of hydrogen-bond donors (Lipinski definition) is 1. The van der Waals surface area contributed by atoms with Gasteiger partial charge in [0.2, 0.25) is 5.16 Å². The average Bonchev–Trinajstić information content (AvgIpc) is 3.37. The second-order valence-electron chi connectivity index (χ2n) is 7.75. The first-order chi connectivity index (χ1) is 16.3. The number of esters is 1. The molecule has 3 aromatic heterocycles. The highest BCUT2D eigenvalue weighted by atomic mass is 32.2. The minimum Gasteiger partial charge on any atom is -0.455 e. The quantitative estimate of drug-likeness (QED) is 0.318. The molecule has 4 rings (SSSR count). The fraction of sp³-hybridized carbons (Fsp3) is 0.304. The van der Waals surface area contributed by atoms with Gasteiger partial charge in [-0.15, -0.1) is 5.10 Å². The Balaban J connectivity index is 1.41.